The Morgan fingerprint density at radius 2 is 0.877 bits per heavy atom. The van der Waals surface area contributed by atoms with E-state index in [0.717, 1.165) is 70.7 Å². The summed E-state index contributed by atoms with van der Waals surface area (Å²) in [7, 11) is 0. The Morgan fingerprint density at radius 1 is 0.462 bits per heavy atom. The Morgan fingerprint density at radius 3 is 1.34 bits per heavy atom. The quantitative estimate of drug-likeness (QED) is 0.0158. The first-order chi connectivity index (χ1) is 50.1. The van der Waals surface area contributed by atoms with Crippen LogP contribution in [-0.4, -0.2) is 137 Å². The molecule has 9 N–H and O–H groups in total. The molecule has 19 atom stereocenters. The molecule has 10 rings (SSSR count). The summed E-state index contributed by atoms with van der Waals surface area (Å²) in [6, 6.07) is 26.4. The number of para-hydroxylation sites is 3. The van der Waals surface area contributed by atoms with Gasteiger partial charge < -0.3 is 58.9 Å². The number of amides is 6. The number of carbonyl (C=O) groups excluding carboxylic acids is 12. The zero-order valence-electron chi connectivity index (χ0n) is 61.0. The van der Waals surface area contributed by atoms with E-state index in [2.05, 4.69) is 74.4 Å². The number of hydrogen-bond donors (Lipinski definition) is 9. The number of esters is 5. The van der Waals surface area contributed by atoms with Crippen molar-refractivity contribution in [3.8, 4) is 0 Å². The second kappa shape index (κ2) is 33.2. The Labute approximate surface area is 626 Å². The fourth-order valence-corrected chi connectivity index (χ4v) is 18.8. The largest absolute Gasteiger partial charge is 0.455 e. The topological polar surface area (TPSA) is 396 Å². The number of carbonyl (C=O) groups is 12. The number of hydrogen-bond acceptors (Lipinski definition) is 30. The number of hydrazine groups is 3. The minimum absolute atomic E-state index is 0.0380. The van der Waals surface area contributed by atoms with Gasteiger partial charge in [0.05, 0.1) is 6.10 Å². The van der Waals surface area contributed by atoms with Crippen LogP contribution < -0.4 is 46.7 Å². The number of benzene rings is 3. The van der Waals surface area contributed by atoms with Crippen LogP contribution in [0.25, 0.3) is 0 Å². The van der Waals surface area contributed by atoms with Crippen molar-refractivity contribution < 1.29 is 100 Å². The lowest BCUT2D eigenvalue weighted by Gasteiger charge is -2.70. The average Bonchev–Trinajstić information content (AvgIpc) is 0.672. The number of rotatable bonds is 21. The van der Waals surface area contributed by atoms with Crippen molar-refractivity contribution in [3.63, 3.8) is 0 Å². The second-order valence-electron chi connectivity index (χ2n) is 29.9. The van der Waals surface area contributed by atoms with Crippen molar-refractivity contribution in [2.45, 2.75) is 208 Å². The van der Waals surface area contributed by atoms with Crippen LogP contribution in [0, 0.1) is 50.2 Å². The van der Waals surface area contributed by atoms with Gasteiger partial charge >= 0.3 is 45.6 Å². The molecule has 30 nitrogen and oxygen atoms in total. The van der Waals surface area contributed by atoms with Gasteiger partial charge in [-0.15, -0.1) is 0 Å². The summed E-state index contributed by atoms with van der Waals surface area (Å²) in [5, 5.41) is 4.37. The molecule has 0 radical (unpaired) electrons. The van der Waals surface area contributed by atoms with Gasteiger partial charge in [0.25, 0.3) is 11.8 Å². The van der Waals surface area contributed by atoms with Crippen LogP contribution in [-0.2, 0) is 85.8 Å². The molecule has 3 aromatic rings. The summed E-state index contributed by atoms with van der Waals surface area (Å²) >= 11 is 1.52. The van der Waals surface area contributed by atoms with Gasteiger partial charge in [-0.1, -0.05) is 109 Å². The first kappa shape index (κ1) is 80.5. The molecule has 2 aliphatic heterocycles. The normalized spacial score (nSPS) is 33.4. The number of imide groups is 3. The molecular formula is C73H93N9O21S3. The van der Waals surface area contributed by atoms with Crippen LogP contribution in [0.15, 0.2) is 103 Å². The van der Waals surface area contributed by atoms with Crippen molar-refractivity contribution in [2.24, 2.45) is 50.2 Å². The zero-order valence-corrected chi connectivity index (χ0v) is 63.4. The van der Waals surface area contributed by atoms with Crippen LogP contribution in [0.4, 0.5) is 31.4 Å². The number of nitrogens with one attached hydrogen (secondary N) is 9. The highest BCUT2D eigenvalue weighted by molar-refractivity contribution is 8.12. The SMILES string of the molecule is CC(=O)O[C@@H]1[C@@H](OC(C)=O)[C@@H](O[C@H]2[C@@H](O[C@H]3CC[C@]4(C)[C@H]5C(=O)C=C6[C@@H]7C[C@@](C)(C(=O)NC(=O)SNNc8ccccc8)CC[C@]7(C)CC[C@@]6(C)[C@]5(C)CC[C@H]4C3(C)C)O[C@H](C(=O)NC(=O)SNNc3ccccc3)[C@@H](OC(C)=O)[C@@H]2OC(C)=O)O[C@H](C(=O)NC(=O)SNNc2ccccc2)[C@H]1OC(C)=O. The number of fused-ring (bicyclic) bond motifs is 7. The predicted octanol–water partition coefficient (Wildman–Crippen LogP) is 9.35. The summed E-state index contributed by atoms with van der Waals surface area (Å²) in [6.45, 7) is 19.6. The lowest BCUT2D eigenvalue weighted by Crippen LogP contribution is -2.70. The second-order valence-corrected chi connectivity index (χ2v) is 32.3. The summed E-state index contributed by atoms with van der Waals surface area (Å²) in [6.07, 6.45) is -14.7. The molecule has 7 aliphatic rings. The van der Waals surface area contributed by atoms with E-state index >= 15 is 4.79 Å². The molecular weight excluding hydrogens is 1440 g/mol. The third kappa shape index (κ3) is 17.6. The molecule has 106 heavy (non-hydrogen) atoms. The molecule has 0 spiro atoms. The van der Waals surface area contributed by atoms with Crippen molar-refractivity contribution in [1.82, 2.24) is 30.4 Å². The number of anilines is 3. The molecule has 6 fully saturated rings. The van der Waals surface area contributed by atoms with Gasteiger partial charge in [0.1, 0.15) is 0 Å². The van der Waals surface area contributed by atoms with E-state index < -0.39 is 164 Å². The van der Waals surface area contributed by atoms with Gasteiger partial charge in [-0.25, -0.2) is 0 Å². The first-order valence-corrected chi connectivity index (χ1v) is 37.5. The van der Waals surface area contributed by atoms with E-state index in [0.29, 0.717) is 73.8 Å². The predicted molar refractivity (Wildman–Crippen MR) is 387 cm³/mol. The lowest BCUT2D eigenvalue weighted by atomic mass is 9.33. The zero-order chi connectivity index (χ0) is 76.8. The fraction of sp³-hybridized carbons (Fsp3) is 0.562. The molecule has 574 valence electrons. The van der Waals surface area contributed by atoms with Crippen molar-refractivity contribution in [1.29, 1.82) is 0 Å². The third-order valence-electron chi connectivity index (χ3n) is 22.7. The van der Waals surface area contributed by atoms with Gasteiger partial charge in [-0.05, 0) is 139 Å². The molecule has 2 heterocycles. The fourth-order valence-electron chi connectivity index (χ4n) is 17.6. The van der Waals surface area contributed by atoms with Gasteiger partial charge in [0, 0.05) is 98.9 Å². The lowest BCUT2D eigenvalue weighted by molar-refractivity contribution is -0.370. The maximum atomic E-state index is 15.8. The van der Waals surface area contributed by atoms with Gasteiger partial charge in [-0.2, -0.15) is 14.5 Å². The smallest absolute Gasteiger partial charge is 0.303 e. The molecule has 2 saturated heterocycles. The molecule has 5 aliphatic carbocycles. The minimum atomic E-state index is -2.23. The minimum Gasteiger partial charge on any atom is -0.455 e. The van der Waals surface area contributed by atoms with Crippen molar-refractivity contribution in [3.05, 3.63) is 103 Å². The Bertz CT molecular complexity index is 3870. The van der Waals surface area contributed by atoms with Crippen LogP contribution >= 0.6 is 35.8 Å². The summed E-state index contributed by atoms with van der Waals surface area (Å²) < 4.78 is 56.0. The molecule has 6 amide bonds. The van der Waals surface area contributed by atoms with E-state index in [1.54, 1.807) is 60.7 Å². The van der Waals surface area contributed by atoms with E-state index in [1.165, 1.54) is 0 Å². The highest BCUT2D eigenvalue weighted by atomic mass is 32.2. The van der Waals surface area contributed by atoms with Gasteiger partial charge in [0.2, 0.25) is 5.91 Å². The summed E-state index contributed by atoms with van der Waals surface area (Å²) in [5.74, 6) is -9.29. The van der Waals surface area contributed by atoms with Gasteiger partial charge in [0.15, 0.2) is 67.2 Å². The van der Waals surface area contributed by atoms with E-state index in [1.807, 2.05) is 57.2 Å². The third-order valence-corrected chi connectivity index (χ3v) is 24.1. The van der Waals surface area contributed by atoms with Gasteiger partial charge in [-0.3, -0.25) is 73.5 Å². The van der Waals surface area contributed by atoms with E-state index in [9.17, 15) is 52.7 Å². The number of ether oxygens (including phenoxy) is 9. The maximum Gasteiger partial charge on any atom is 0.303 e. The Kier molecular flexibility index (Phi) is 25.3. The highest BCUT2D eigenvalue weighted by Gasteiger charge is 2.71. The van der Waals surface area contributed by atoms with Crippen LogP contribution in [0.1, 0.15) is 141 Å². The average molecular weight is 1530 g/mol. The van der Waals surface area contributed by atoms with E-state index in [4.69, 9.17) is 42.6 Å². The maximum absolute atomic E-state index is 15.8. The molecule has 0 unspecified atom stereocenters. The molecule has 0 aromatic heterocycles. The van der Waals surface area contributed by atoms with Crippen molar-refractivity contribution >= 4 is 122 Å². The standard InChI is InChI=1S/C73H93N9O21S3/c1-38(83)95-51-53(97-40(3)85)57(99-42(5)87)63(102-56(51)61(90)75-66(93)105-81-78-44-24-18-14-19-25-44)103-58-54(98-41(4)86)52(96-39(2)84)55(60(89)74-65(92)104-80-77-43-22-16-13-17-23-43)101-62(58)100-50-29-30-71(10)49(68(50,6)7)28-31-73(12)59(71)48(88)36-46-47-37-70(9,33-32-69(47,8)34-35-72(46,73)11)64(91)76-67(94)106-82-79-45-26-20-15-21-27-45/h13-27,36,47,49-59,62-63,77-82H,28-35,37H2,1-12H3,(H,74,89,92)(H,75,90,93)(H,76,91,94)/t47-,49-,50-,51-,52-,53-,54-,55-,56-,57+,58+,59+,62-,63+,69+,70-,71-,72+,73+/m0/s1. The highest BCUT2D eigenvalue weighted by Crippen LogP contribution is 2.75. The monoisotopic (exact) mass is 1530 g/mol. The Hall–Kier alpha value is -7.99. The number of allylic oxidation sites excluding steroid dienone is 2. The van der Waals surface area contributed by atoms with Crippen LogP contribution in [0.3, 0.4) is 0 Å². The van der Waals surface area contributed by atoms with Crippen LogP contribution in [0.2, 0.25) is 0 Å². The Balaban J connectivity index is 0.976. The first-order valence-electron chi connectivity index (χ1n) is 35.1. The molecule has 4 saturated carbocycles. The summed E-state index contributed by atoms with van der Waals surface area (Å²) in [5.41, 5.74) is 7.36. The molecule has 3 aromatic carbocycles. The molecule has 0 bridgehead atoms. The van der Waals surface area contributed by atoms with E-state index in [-0.39, 0.29) is 29.5 Å². The molecule has 33 heteroatoms. The summed E-state index contributed by atoms with van der Waals surface area (Å²) in [4.78, 5) is 175. The van der Waals surface area contributed by atoms with Crippen LogP contribution in [0.5, 0.6) is 0 Å². The van der Waals surface area contributed by atoms with Crippen molar-refractivity contribution in [2.75, 3.05) is 16.3 Å². The number of ketones is 1.